The number of nitrogens with two attached hydrogens (primary N) is 1. The van der Waals surface area contributed by atoms with E-state index in [0.717, 1.165) is 45.4 Å². The van der Waals surface area contributed by atoms with Crippen LogP contribution in [0.15, 0.2) is 0 Å². The Balaban J connectivity index is 2.14. The van der Waals surface area contributed by atoms with Gasteiger partial charge in [0, 0.05) is 13.2 Å². The van der Waals surface area contributed by atoms with Crippen molar-refractivity contribution in [2.75, 3.05) is 26.2 Å². The third-order valence-electron chi connectivity index (χ3n) is 3.70. The number of nitrogens with zero attached hydrogens (tertiary/aromatic N) is 2. The average molecular weight is 267 g/mol. The zero-order chi connectivity index (χ0) is 14.1. The van der Waals surface area contributed by atoms with E-state index in [-0.39, 0.29) is 0 Å². The summed E-state index contributed by atoms with van der Waals surface area (Å²) in [7, 11) is 0. The topological polar surface area (TPSA) is 62.3 Å². The van der Waals surface area contributed by atoms with Crippen molar-refractivity contribution in [3.63, 3.8) is 0 Å². The Morgan fingerprint density at radius 2 is 2.26 bits per heavy atom. The number of hydrogen-bond acceptors (Lipinski definition) is 4. The molecule has 0 aromatic heterocycles. The highest BCUT2D eigenvalue weighted by molar-refractivity contribution is 5.00. The maximum absolute atomic E-state index is 8.86. The lowest BCUT2D eigenvalue weighted by atomic mass is 9.98. The standard InChI is InChI=1S/C15H29N3O/c1-3-11-19-14-7-6-10-18(12-14)9-5-4-8-15(2,17)13-16/h14H,3-12,17H2,1-2H3. The van der Waals surface area contributed by atoms with Gasteiger partial charge >= 0.3 is 0 Å². The fourth-order valence-corrected chi connectivity index (χ4v) is 2.52. The maximum Gasteiger partial charge on any atom is 0.101 e. The van der Waals surface area contributed by atoms with Crippen LogP contribution in [-0.4, -0.2) is 42.8 Å². The first-order valence-corrected chi connectivity index (χ1v) is 7.61. The van der Waals surface area contributed by atoms with Crippen LogP contribution >= 0.6 is 0 Å². The second-order valence-electron chi connectivity index (χ2n) is 5.92. The third-order valence-corrected chi connectivity index (χ3v) is 3.70. The summed E-state index contributed by atoms with van der Waals surface area (Å²) in [4.78, 5) is 2.49. The molecule has 1 rings (SSSR count). The van der Waals surface area contributed by atoms with Gasteiger partial charge in [-0.1, -0.05) is 6.92 Å². The first-order chi connectivity index (χ1) is 9.07. The summed E-state index contributed by atoms with van der Waals surface area (Å²) < 4.78 is 5.84. The van der Waals surface area contributed by atoms with Gasteiger partial charge in [-0.05, 0) is 58.5 Å². The van der Waals surface area contributed by atoms with Crippen molar-refractivity contribution >= 4 is 0 Å². The van der Waals surface area contributed by atoms with E-state index in [9.17, 15) is 0 Å². The Kier molecular flexibility index (Phi) is 7.37. The van der Waals surface area contributed by atoms with Crippen LogP contribution in [0.3, 0.4) is 0 Å². The number of piperidine rings is 1. The van der Waals surface area contributed by atoms with Gasteiger partial charge in [0.25, 0.3) is 0 Å². The summed E-state index contributed by atoms with van der Waals surface area (Å²) in [5, 5.41) is 8.86. The van der Waals surface area contributed by atoms with Crippen molar-refractivity contribution in [2.45, 2.75) is 64.0 Å². The molecule has 1 saturated heterocycles. The smallest absolute Gasteiger partial charge is 0.101 e. The van der Waals surface area contributed by atoms with Crippen LogP contribution < -0.4 is 5.73 Å². The molecule has 4 nitrogen and oxygen atoms in total. The number of rotatable bonds is 8. The molecule has 2 N–H and O–H groups in total. The van der Waals surface area contributed by atoms with Crippen LogP contribution in [0.4, 0.5) is 0 Å². The van der Waals surface area contributed by atoms with Crippen molar-refractivity contribution in [2.24, 2.45) is 5.73 Å². The summed E-state index contributed by atoms with van der Waals surface area (Å²) >= 11 is 0. The third kappa shape index (κ3) is 6.91. The highest BCUT2D eigenvalue weighted by Gasteiger charge is 2.20. The molecule has 1 heterocycles. The van der Waals surface area contributed by atoms with Gasteiger partial charge in [-0.3, -0.25) is 0 Å². The van der Waals surface area contributed by atoms with Gasteiger partial charge in [0.1, 0.15) is 5.54 Å². The van der Waals surface area contributed by atoms with Crippen molar-refractivity contribution < 1.29 is 4.74 Å². The maximum atomic E-state index is 8.86. The molecule has 0 bridgehead atoms. The molecule has 0 saturated carbocycles. The minimum absolute atomic E-state index is 0.424. The van der Waals surface area contributed by atoms with E-state index in [1.165, 1.54) is 19.4 Å². The van der Waals surface area contributed by atoms with Crippen LogP contribution in [-0.2, 0) is 4.74 Å². The van der Waals surface area contributed by atoms with Crippen LogP contribution in [0.5, 0.6) is 0 Å². The van der Waals surface area contributed by atoms with E-state index in [0.29, 0.717) is 6.10 Å². The molecule has 19 heavy (non-hydrogen) atoms. The number of nitriles is 1. The zero-order valence-corrected chi connectivity index (χ0v) is 12.5. The van der Waals surface area contributed by atoms with Gasteiger partial charge < -0.3 is 15.4 Å². The Bertz CT molecular complexity index is 286. The van der Waals surface area contributed by atoms with Crippen molar-refractivity contribution in [3.8, 4) is 6.07 Å². The van der Waals surface area contributed by atoms with E-state index in [2.05, 4.69) is 17.9 Å². The van der Waals surface area contributed by atoms with Gasteiger partial charge in [0.15, 0.2) is 0 Å². The van der Waals surface area contributed by atoms with Crippen LogP contribution in [0.1, 0.15) is 52.4 Å². The number of unbranched alkanes of at least 4 members (excludes halogenated alkanes) is 1. The Morgan fingerprint density at radius 1 is 1.47 bits per heavy atom. The van der Waals surface area contributed by atoms with Crippen molar-refractivity contribution in [3.05, 3.63) is 0 Å². The molecule has 0 aliphatic carbocycles. The summed E-state index contributed by atoms with van der Waals surface area (Å²) in [6, 6.07) is 2.15. The summed E-state index contributed by atoms with van der Waals surface area (Å²) in [5.41, 5.74) is 5.16. The zero-order valence-electron chi connectivity index (χ0n) is 12.5. The minimum Gasteiger partial charge on any atom is -0.377 e. The van der Waals surface area contributed by atoms with Gasteiger partial charge in [0.2, 0.25) is 0 Å². The number of hydrogen-bond donors (Lipinski definition) is 1. The second-order valence-corrected chi connectivity index (χ2v) is 5.92. The van der Waals surface area contributed by atoms with Gasteiger partial charge in [0.05, 0.1) is 12.2 Å². The summed E-state index contributed by atoms with van der Waals surface area (Å²) in [5.74, 6) is 0. The second kappa shape index (κ2) is 8.52. The monoisotopic (exact) mass is 267 g/mol. The van der Waals surface area contributed by atoms with Crippen molar-refractivity contribution in [1.29, 1.82) is 5.26 Å². The van der Waals surface area contributed by atoms with Crippen LogP contribution in [0, 0.1) is 11.3 Å². The van der Waals surface area contributed by atoms with Crippen molar-refractivity contribution in [1.82, 2.24) is 4.90 Å². The molecule has 0 spiro atoms. The molecule has 0 aromatic carbocycles. The summed E-state index contributed by atoms with van der Waals surface area (Å²) in [6.45, 7) is 8.20. The molecule has 0 amide bonds. The molecule has 0 aromatic rings. The molecular weight excluding hydrogens is 238 g/mol. The average Bonchev–Trinajstić information content (AvgIpc) is 2.42. The predicted octanol–water partition coefficient (Wildman–Crippen LogP) is 2.29. The van der Waals surface area contributed by atoms with Gasteiger partial charge in [-0.2, -0.15) is 5.26 Å². The first-order valence-electron chi connectivity index (χ1n) is 7.61. The lowest BCUT2D eigenvalue weighted by Crippen LogP contribution is -2.40. The lowest BCUT2D eigenvalue weighted by molar-refractivity contribution is -0.000405. The highest BCUT2D eigenvalue weighted by atomic mass is 16.5. The quantitative estimate of drug-likeness (QED) is 0.685. The lowest BCUT2D eigenvalue weighted by Gasteiger charge is -2.32. The van der Waals surface area contributed by atoms with Crippen LogP contribution in [0.2, 0.25) is 0 Å². The van der Waals surface area contributed by atoms with E-state index < -0.39 is 5.54 Å². The number of ether oxygens (including phenoxy) is 1. The molecule has 1 aliphatic heterocycles. The predicted molar refractivity (Wildman–Crippen MR) is 77.8 cm³/mol. The molecule has 110 valence electrons. The normalized spacial score (nSPS) is 23.8. The number of likely N-dealkylation sites (tertiary alicyclic amines) is 1. The molecular formula is C15H29N3O. The fourth-order valence-electron chi connectivity index (χ4n) is 2.52. The SMILES string of the molecule is CCCOC1CCCN(CCCCC(C)(N)C#N)C1. The van der Waals surface area contributed by atoms with E-state index in [1.54, 1.807) is 0 Å². The van der Waals surface area contributed by atoms with E-state index in [1.807, 2.05) is 6.92 Å². The molecule has 4 heteroatoms. The van der Waals surface area contributed by atoms with Gasteiger partial charge in [-0.15, -0.1) is 0 Å². The first kappa shape index (κ1) is 16.4. The Labute approximate surface area is 117 Å². The highest BCUT2D eigenvalue weighted by Crippen LogP contribution is 2.15. The largest absolute Gasteiger partial charge is 0.377 e. The summed E-state index contributed by atoms with van der Waals surface area (Å²) in [6.07, 6.45) is 6.89. The molecule has 1 fully saturated rings. The molecule has 2 unspecified atom stereocenters. The Hall–Kier alpha value is -0.630. The molecule has 2 atom stereocenters. The Morgan fingerprint density at radius 3 is 2.95 bits per heavy atom. The minimum atomic E-state index is -0.658. The van der Waals surface area contributed by atoms with E-state index >= 15 is 0 Å². The fraction of sp³-hybridized carbons (Fsp3) is 0.933. The van der Waals surface area contributed by atoms with Crippen LogP contribution in [0.25, 0.3) is 0 Å². The van der Waals surface area contributed by atoms with E-state index in [4.69, 9.17) is 15.7 Å². The van der Waals surface area contributed by atoms with Gasteiger partial charge in [-0.25, -0.2) is 0 Å². The molecule has 0 radical (unpaired) electrons. The molecule has 1 aliphatic rings.